The molecule has 3 rings (SSSR count). The Morgan fingerprint density at radius 1 is 1.29 bits per heavy atom. The largest absolute Gasteiger partial charge is 0.338 e. The van der Waals surface area contributed by atoms with Gasteiger partial charge in [-0.1, -0.05) is 35.4 Å². The van der Waals surface area contributed by atoms with Gasteiger partial charge in [0.15, 0.2) is 0 Å². The standard InChI is InChI=1S/C16H18N6O2/c1-21(11-12-5-3-2-4-6-12)15(24)10-9-14(23)17-16-18-19-20-22(16)13-7-8-13/h2-6,9-10,13H,7-8,11H2,1H3,(H,17,18,20,23)/b10-9+. The quantitative estimate of drug-likeness (QED) is 0.804. The molecule has 8 nitrogen and oxygen atoms in total. The summed E-state index contributed by atoms with van der Waals surface area (Å²) in [5.41, 5.74) is 1.02. The fourth-order valence-corrected chi connectivity index (χ4v) is 2.20. The summed E-state index contributed by atoms with van der Waals surface area (Å²) in [6.45, 7) is 0.478. The summed E-state index contributed by atoms with van der Waals surface area (Å²) < 4.78 is 1.59. The highest BCUT2D eigenvalue weighted by molar-refractivity contribution is 6.02. The number of amides is 2. The van der Waals surface area contributed by atoms with Gasteiger partial charge < -0.3 is 4.90 Å². The van der Waals surface area contributed by atoms with E-state index in [9.17, 15) is 9.59 Å². The first-order valence-electron chi connectivity index (χ1n) is 7.69. The minimum atomic E-state index is -0.437. The van der Waals surface area contributed by atoms with E-state index in [4.69, 9.17) is 0 Å². The van der Waals surface area contributed by atoms with Gasteiger partial charge in [-0.15, -0.1) is 0 Å². The Kier molecular flexibility index (Phi) is 4.64. The highest BCUT2D eigenvalue weighted by Gasteiger charge is 2.28. The second kappa shape index (κ2) is 7.03. The predicted molar refractivity (Wildman–Crippen MR) is 86.8 cm³/mol. The molecule has 1 aliphatic rings. The Labute approximate surface area is 139 Å². The normalized spacial score (nSPS) is 13.9. The zero-order valence-corrected chi connectivity index (χ0v) is 13.3. The van der Waals surface area contributed by atoms with Gasteiger partial charge in [-0.2, -0.15) is 0 Å². The predicted octanol–water partition coefficient (Wildman–Crippen LogP) is 1.16. The molecule has 0 aliphatic heterocycles. The molecule has 1 saturated carbocycles. The molecule has 0 spiro atoms. The molecule has 0 bridgehead atoms. The number of hydrogen-bond acceptors (Lipinski definition) is 5. The minimum Gasteiger partial charge on any atom is -0.338 e. The second-order valence-corrected chi connectivity index (χ2v) is 5.68. The van der Waals surface area contributed by atoms with E-state index in [1.165, 1.54) is 17.1 Å². The van der Waals surface area contributed by atoms with E-state index in [2.05, 4.69) is 20.8 Å². The Morgan fingerprint density at radius 2 is 2.04 bits per heavy atom. The number of rotatable bonds is 6. The molecule has 0 unspecified atom stereocenters. The summed E-state index contributed by atoms with van der Waals surface area (Å²) in [5, 5.41) is 13.8. The van der Waals surface area contributed by atoms with E-state index in [1.54, 1.807) is 11.7 Å². The average Bonchev–Trinajstić information content (AvgIpc) is 3.33. The van der Waals surface area contributed by atoms with Crippen molar-refractivity contribution in [2.45, 2.75) is 25.4 Å². The van der Waals surface area contributed by atoms with Crippen LogP contribution in [-0.4, -0.2) is 44.0 Å². The van der Waals surface area contributed by atoms with Crippen molar-refractivity contribution in [1.29, 1.82) is 0 Å². The second-order valence-electron chi connectivity index (χ2n) is 5.68. The highest BCUT2D eigenvalue weighted by Crippen LogP contribution is 2.35. The van der Waals surface area contributed by atoms with Crippen molar-refractivity contribution in [2.75, 3.05) is 12.4 Å². The molecule has 0 atom stereocenters. The number of anilines is 1. The van der Waals surface area contributed by atoms with Gasteiger partial charge in [-0.05, 0) is 28.8 Å². The average molecular weight is 326 g/mol. The zero-order valence-electron chi connectivity index (χ0n) is 13.3. The van der Waals surface area contributed by atoms with Crippen LogP contribution in [0.5, 0.6) is 0 Å². The zero-order chi connectivity index (χ0) is 16.9. The number of nitrogens with zero attached hydrogens (tertiary/aromatic N) is 5. The van der Waals surface area contributed by atoms with Gasteiger partial charge >= 0.3 is 0 Å². The summed E-state index contributed by atoms with van der Waals surface area (Å²) in [6.07, 6.45) is 4.44. The van der Waals surface area contributed by atoms with Gasteiger partial charge in [0.2, 0.25) is 11.9 Å². The van der Waals surface area contributed by atoms with Crippen LogP contribution in [0, 0.1) is 0 Å². The molecule has 8 heteroatoms. The van der Waals surface area contributed by atoms with E-state index in [0.717, 1.165) is 18.4 Å². The van der Waals surface area contributed by atoms with Crippen molar-refractivity contribution in [3.8, 4) is 0 Å². The molecule has 1 aromatic heterocycles. The number of carbonyl (C=O) groups is 2. The molecule has 0 radical (unpaired) electrons. The molecule has 2 aromatic rings. The van der Waals surface area contributed by atoms with Gasteiger partial charge in [0.05, 0.1) is 6.04 Å². The molecule has 2 amide bonds. The molecule has 1 N–H and O–H groups in total. The summed E-state index contributed by atoms with van der Waals surface area (Å²) in [4.78, 5) is 25.5. The number of tetrazole rings is 1. The van der Waals surface area contributed by atoms with Crippen LogP contribution in [0.15, 0.2) is 42.5 Å². The first-order valence-corrected chi connectivity index (χ1v) is 7.69. The smallest absolute Gasteiger partial charge is 0.250 e. The van der Waals surface area contributed by atoms with E-state index in [0.29, 0.717) is 12.5 Å². The lowest BCUT2D eigenvalue weighted by atomic mass is 10.2. The van der Waals surface area contributed by atoms with Crippen LogP contribution < -0.4 is 5.32 Å². The third kappa shape index (κ3) is 4.03. The van der Waals surface area contributed by atoms with E-state index >= 15 is 0 Å². The van der Waals surface area contributed by atoms with Crippen molar-refractivity contribution in [2.24, 2.45) is 0 Å². The van der Waals surface area contributed by atoms with E-state index < -0.39 is 5.91 Å². The first-order chi connectivity index (χ1) is 11.6. The monoisotopic (exact) mass is 326 g/mol. The van der Waals surface area contributed by atoms with Gasteiger partial charge in [-0.25, -0.2) is 4.68 Å². The summed E-state index contributed by atoms with van der Waals surface area (Å²) in [7, 11) is 1.69. The maximum absolute atomic E-state index is 12.1. The Hall–Kier alpha value is -3.03. The number of likely N-dealkylation sites (N-methyl/N-ethyl adjacent to an activating group) is 1. The van der Waals surface area contributed by atoms with Crippen LogP contribution in [-0.2, 0) is 16.1 Å². The van der Waals surface area contributed by atoms with Crippen molar-refractivity contribution < 1.29 is 9.59 Å². The van der Waals surface area contributed by atoms with Gasteiger partial charge in [0.25, 0.3) is 5.91 Å². The van der Waals surface area contributed by atoms with Crippen molar-refractivity contribution in [1.82, 2.24) is 25.1 Å². The SMILES string of the molecule is CN(Cc1ccccc1)C(=O)/C=C/C(=O)Nc1nnnn1C1CC1. The van der Waals surface area contributed by atoms with Crippen LogP contribution in [0.4, 0.5) is 5.95 Å². The maximum Gasteiger partial charge on any atom is 0.250 e. The minimum absolute atomic E-state index is 0.254. The van der Waals surface area contributed by atoms with E-state index in [1.807, 2.05) is 30.3 Å². The Bertz CT molecular complexity index is 751. The fraction of sp³-hybridized carbons (Fsp3) is 0.312. The third-order valence-corrected chi connectivity index (χ3v) is 3.64. The lowest BCUT2D eigenvalue weighted by Crippen LogP contribution is -2.24. The summed E-state index contributed by atoms with van der Waals surface area (Å²) in [5.74, 6) is -0.388. The fourth-order valence-electron chi connectivity index (χ4n) is 2.20. The van der Waals surface area contributed by atoms with Crippen molar-refractivity contribution in [3.05, 3.63) is 48.0 Å². The van der Waals surface area contributed by atoms with Gasteiger partial charge in [-0.3, -0.25) is 14.9 Å². The molecule has 24 heavy (non-hydrogen) atoms. The lowest BCUT2D eigenvalue weighted by Gasteiger charge is -2.14. The van der Waals surface area contributed by atoms with Crippen LogP contribution in [0.2, 0.25) is 0 Å². The Balaban J connectivity index is 1.53. The van der Waals surface area contributed by atoms with Crippen molar-refractivity contribution in [3.63, 3.8) is 0 Å². The number of benzene rings is 1. The molecule has 0 saturated heterocycles. The molecule has 1 fully saturated rings. The van der Waals surface area contributed by atoms with Crippen LogP contribution >= 0.6 is 0 Å². The third-order valence-electron chi connectivity index (χ3n) is 3.64. The molecular formula is C16H18N6O2. The number of hydrogen-bond donors (Lipinski definition) is 1. The molecule has 1 heterocycles. The maximum atomic E-state index is 12.1. The molecule has 124 valence electrons. The first kappa shape index (κ1) is 15.9. The van der Waals surface area contributed by atoms with Gasteiger partial charge in [0, 0.05) is 25.7 Å². The highest BCUT2D eigenvalue weighted by atomic mass is 16.2. The number of aromatic nitrogens is 4. The van der Waals surface area contributed by atoms with Crippen LogP contribution in [0.3, 0.4) is 0 Å². The summed E-state index contributed by atoms with van der Waals surface area (Å²) >= 11 is 0. The summed E-state index contributed by atoms with van der Waals surface area (Å²) in [6, 6.07) is 9.90. The number of nitrogens with one attached hydrogen (secondary N) is 1. The van der Waals surface area contributed by atoms with Crippen LogP contribution in [0.1, 0.15) is 24.4 Å². The van der Waals surface area contributed by atoms with Crippen LogP contribution in [0.25, 0.3) is 0 Å². The molecular weight excluding hydrogens is 308 g/mol. The number of carbonyl (C=O) groups excluding carboxylic acids is 2. The molecule has 1 aliphatic carbocycles. The van der Waals surface area contributed by atoms with E-state index in [-0.39, 0.29) is 11.9 Å². The Morgan fingerprint density at radius 3 is 2.75 bits per heavy atom. The van der Waals surface area contributed by atoms with Crippen molar-refractivity contribution >= 4 is 17.8 Å². The molecule has 1 aromatic carbocycles. The topological polar surface area (TPSA) is 93.0 Å². The van der Waals surface area contributed by atoms with Gasteiger partial charge in [0.1, 0.15) is 0 Å². The lowest BCUT2D eigenvalue weighted by molar-refractivity contribution is -0.125.